The van der Waals surface area contributed by atoms with E-state index in [0.29, 0.717) is 66.1 Å². The van der Waals surface area contributed by atoms with Crippen molar-refractivity contribution in [2.75, 3.05) is 21.3 Å². The number of rotatable bonds is 3. The molecule has 0 aromatic heterocycles. The van der Waals surface area contributed by atoms with Crippen LogP contribution in [0.15, 0.2) is 84.9 Å². The second-order valence-corrected chi connectivity index (χ2v) is 14.0. The fourth-order valence-corrected chi connectivity index (χ4v) is 7.22. The van der Waals surface area contributed by atoms with Crippen molar-refractivity contribution in [1.82, 2.24) is 0 Å². The summed E-state index contributed by atoms with van der Waals surface area (Å²) in [6.45, 7) is 10.4. The van der Waals surface area contributed by atoms with Crippen molar-refractivity contribution < 1.29 is 37.9 Å². The van der Waals surface area contributed by atoms with E-state index in [0.717, 1.165) is 89.6 Å². The highest BCUT2D eigenvalue weighted by atomic mass is 16.5. The summed E-state index contributed by atoms with van der Waals surface area (Å²) in [5.41, 5.74) is 13.5. The van der Waals surface area contributed by atoms with E-state index in [1.807, 2.05) is 12.1 Å². The van der Waals surface area contributed by atoms with Crippen LogP contribution in [-0.4, -0.2) is 21.3 Å². The zero-order valence-corrected chi connectivity index (χ0v) is 32.4. The minimum atomic E-state index is 0.374. The molecular weight excluding hydrogens is 680 g/mol. The molecule has 0 aliphatic carbocycles. The summed E-state index contributed by atoms with van der Waals surface area (Å²) in [4.78, 5) is 0. The van der Waals surface area contributed by atoms with Gasteiger partial charge in [-0.2, -0.15) is 0 Å². The van der Waals surface area contributed by atoms with Crippen molar-refractivity contribution in [2.24, 2.45) is 0 Å². The molecule has 6 rings (SSSR count). The number of methoxy groups -OCH3 is 3. The summed E-state index contributed by atoms with van der Waals surface area (Å²) in [6, 6.07) is 29.3. The smallest absolute Gasteiger partial charge is 0.129 e. The second kappa shape index (κ2) is 19.1. The molecule has 0 N–H and O–H groups in total. The Labute approximate surface area is 319 Å². The highest BCUT2D eigenvalue weighted by Gasteiger charge is 2.16. The minimum Gasteiger partial charge on any atom is -0.496 e. The Kier molecular flexibility index (Phi) is 13.8. The molecule has 0 spiro atoms. The summed E-state index contributed by atoms with van der Waals surface area (Å²) in [5, 5.41) is 0. The fourth-order valence-electron chi connectivity index (χ4n) is 7.22. The van der Waals surface area contributed by atoms with E-state index >= 15 is 0 Å². The molecule has 0 radical (unpaired) electrons. The van der Waals surface area contributed by atoms with E-state index in [4.69, 9.17) is 37.9 Å². The average Bonchev–Trinajstić information content (AvgIpc) is 3.15. The van der Waals surface area contributed by atoms with E-state index in [9.17, 15) is 0 Å². The Balaban J connectivity index is 1.25. The summed E-state index contributed by atoms with van der Waals surface area (Å²) < 4.78 is 49.0. The van der Waals surface area contributed by atoms with Gasteiger partial charge in [-0.15, -0.1) is 0 Å². The van der Waals surface area contributed by atoms with Crippen LogP contribution in [0, 0.1) is 20.8 Å². The Morgan fingerprint density at radius 3 is 0.778 bits per heavy atom. The predicted octanol–water partition coefficient (Wildman–Crippen LogP) is 9.54. The van der Waals surface area contributed by atoms with Crippen LogP contribution in [-0.2, 0) is 89.8 Å². The zero-order chi connectivity index (χ0) is 37.9. The Morgan fingerprint density at radius 2 is 0.556 bits per heavy atom. The second-order valence-electron chi connectivity index (χ2n) is 14.0. The number of benzene rings is 5. The Hall–Kier alpha value is -4.70. The molecular formula is C46H52O8. The average molecular weight is 733 g/mol. The molecule has 284 valence electrons. The van der Waals surface area contributed by atoms with Crippen molar-refractivity contribution >= 4 is 0 Å². The number of hydrogen-bond donors (Lipinski definition) is 0. The van der Waals surface area contributed by atoms with Crippen molar-refractivity contribution in [3.05, 3.63) is 157 Å². The molecule has 0 unspecified atom stereocenters. The lowest BCUT2D eigenvalue weighted by molar-refractivity contribution is 0.0951. The van der Waals surface area contributed by atoms with Crippen LogP contribution >= 0.6 is 0 Å². The maximum absolute atomic E-state index is 6.32. The summed E-state index contributed by atoms with van der Waals surface area (Å²) in [5.74, 6) is 2.34. The van der Waals surface area contributed by atoms with Crippen molar-refractivity contribution in [3.63, 3.8) is 0 Å². The SMILES string of the molecule is COc1c2cc(C)cc1COCc1cccc(c1)COCc1cc(C)cc(c1OC)COCc1cc(C)cc(c1OC)COCc1cccc(c1)COC2. The third-order valence-electron chi connectivity index (χ3n) is 9.38. The van der Waals surface area contributed by atoms with Crippen molar-refractivity contribution in [2.45, 2.75) is 86.8 Å². The first-order chi connectivity index (χ1) is 26.3. The molecule has 5 aromatic carbocycles. The molecule has 10 bridgehead atoms. The van der Waals surface area contributed by atoms with E-state index in [1.165, 1.54) is 0 Å². The van der Waals surface area contributed by atoms with Gasteiger partial charge in [0.05, 0.1) is 87.4 Å². The van der Waals surface area contributed by atoms with Gasteiger partial charge in [0, 0.05) is 33.4 Å². The molecule has 1 aliphatic rings. The van der Waals surface area contributed by atoms with Crippen LogP contribution in [0.4, 0.5) is 0 Å². The molecule has 0 amide bonds. The first kappa shape index (κ1) is 39.0. The van der Waals surface area contributed by atoms with E-state index in [1.54, 1.807) is 21.3 Å². The van der Waals surface area contributed by atoms with Gasteiger partial charge in [0.15, 0.2) is 0 Å². The van der Waals surface area contributed by atoms with Crippen LogP contribution in [0.1, 0.15) is 72.3 Å². The third kappa shape index (κ3) is 10.3. The molecule has 8 nitrogen and oxygen atoms in total. The maximum atomic E-state index is 6.32. The van der Waals surface area contributed by atoms with Crippen LogP contribution in [0.25, 0.3) is 0 Å². The molecule has 0 saturated heterocycles. The summed E-state index contributed by atoms with van der Waals surface area (Å²) in [6.07, 6.45) is 0. The number of aryl methyl sites for hydroxylation is 3. The van der Waals surface area contributed by atoms with Crippen LogP contribution in [0.3, 0.4) is 0 Å². The quantitative estimate of drug-likeness (QED) is 0.182. The number of hydrogen-bond acceptors (Lipinski definition) is 8. The number of fused-ring (bicyclic) bond motifs is 10. The van der Waals surface area contributed by atoms with Gasteiger partial charge < -0.3 is 37.9 Å². The molecule has 54 heavy (non-hydrogen) atoms. The molecule has 0 fully saturated rings. The van der Waals surface area contributed by atoms with E-state index < -0.39 is 0 Å². The van der Waals surface area contributed by atoms with Gasteiger partial charge in [0.1, 0.15) is 17.2 Å². The molecule has 5 aromatic rings. The zero-order valence-electron chi connectivity index (χ0n) is 32.4. The van der Waals surface area contributed by atoms with E-state index in [2.05, 4.69) is 93.6 Å². The molecule has 0 saturated carbocycles. The van der Waals surface area contributed by atoms with Gasteiger partial charge in [-0.3, -0.25) is 0 Å². The molecule has 1 aliphatic heterocycles. The lowest BCUT2D eigenvalue weighted by Crippen LogP contribution is -2.06. The van der Waals surface area contributed by atoms with Crippen LogP contribution in [0.5, 0.6) is 17.2 Å². The van der Waals surface area contributed by atoms with Crippen molar-refractivity contribution in [1.29, 1.82) is 0 Å². The third-order valence-corrected chi connectivity index (χ3v) is 9.38. The fraction of sp³-hybridized carbons (Fsp3) is 0.348. The highest BCUT2D eigenvalue weighted by molar-refractivity contribution is 5.46. The Bertz CT molecular complexity index is 1880. The summed E-state index contributed by atoms with van der Waals surface area (Å²) >= 11 is 0. The standard InChI is InChI=1S/C46H52O8/c1-31-13-38-25-50-21-34-9-7-11-36(19-34)23-52-27-40-15-32(2)17-42(45(40)48-5)29-54-30-43-18-33(3)16-41(46(43)49-6)28-53-24-37-12-8-10-35(20-37)22-51-26-39(14-31)44(38)47-4/h7-20H,21-30H2,1-6H3. The first-order valence-electron chi connectivity index (χ1n) is 18.4. The highest BCUT2D eigenvalue weighted by Crippen LogP contribution is 2.32. The van der Waals surface area contributed by atoms with Gasteiger partial charge in [0.2, 0.25) is 0 Å². The number of ether oxygens (including phenoxy) is 8. The summed E-state index contributed by atoms with van der Waals surface area (Å²) in [7, 11) is 5.09. The molecule has 8 heteroatoms. The predicted molar refractivity (Wildman–Crippen MR) is 209 cm³/mol. The topological polar surface area (TPSA) is 73.8 Å². The van der Waals surface area contributed by atoms with Crippen molar-refractivity contribution in [3.8, 4) is 17.2 Å². The van der Waals surface area contributed by atoms with E-state index in [-0.39, 0.29) is 0 Å². The van der Waals surface area contributed by atoms with Crippen LogP contribution in [0.2, 0.25) is 0 Å². The van der Waals surface area contributed by atoms with Gasteiger partial charge in [-0.05, 0) is 43.0 Å². The van der Waals surface area contributed by atoms with Gasteiger partial charge in [-0.25, -0.2) is 0 Å². The Morgan fingerprint density at radius 1 is 0.333 bits per heavy atom. The van der Waals surface area contributed by atoms with Gasteiger partial charge in [0.25, 0.3) is 0 Å². The van der Waals surface area contributed by atoms with Gasteiger partial charge >= 0.3 is 0 Å². The lowest BCUT2D eigenvalue weighted by Gasteiger charge is -2.18. The normalized spacial score (nSPS) is 14.9. The maximum Gasteiger partial charge on any atom is 0.129 e. The lowest BCUT2D eigenvalue weighted by atomic mass is 10.0. The molecule has 1 heterocycles. The molecule has 0 atom stereocenters. The van der Waals surface area contributed by atoms with Crippen LogP contribution < -0.4 is 14.2 Å². The largest absolute Gasteiger partial charge is 0.496 e. The van der Waals surface area contributed by atoms with Gasteiger partial charge in [-0.1, -0.05) is 102 Å². The monoisotopic (exact) mass is 732 g/mol. The first-order valence-corrected chi connectivity index (χ1v) is 18.4. The minimum absolute atomic E-state index is 0.374.